The minimum atomic E-state index is -2.35. The van der Waals surface area contributed by atoms with Crippen LogP contribution in [-0.2, 0) is 24.5 Å². The van der Waals surface area contributed by atoms with E-state index < -0.39 is 23.1 Å². The molecule has 32 heavy (non-hydrogen) atoms. The lowest BCUT2D eigenvalue weighted by Gasteiger charge is -2.30. The van der Waals surface area contributed by atoms with Crippen LogP contribution in [0.2, 0.25) is 0 Å². The number of esters is 2. The van der Waals surface area contributed by atoms with Crippen molar-refractivity contribution in [1.29, 1.82) is 0 Å². The largest absolute Gasteiger partial charge is 0.507 e. The van der Waals surface area contributed by atoms with E-state index in [1.54, 1.807) is 56.3 Å². The number of phenolic OH excluding ortho intramolecular Hbond substituents is 1. The molecule has 0 aliphatic rings. The molecule has 0 aliphatic carbocycles. The van der Waals surface area contributed by atoms with Gasteiger partial charge >= 0.3 is 11.9 Å². The number of benzene rings is 2. The lowest BCUT2D eigenvalue weighted by Crippen LogP contribution is -2.52. The van der Waals surface area contributed by atoms with Gasteiger partial charge in [-0.05, 0) is 54.5 Å². The zero-order valence-electron chi connectivity index (χ0n) is 19.6. The Labute approximate surface area is 189 Å². The van der Waals surface area contributed by atoms with Crippen molar-refractivity contribution in [3.8, 4) is 5.75 Å². The van der Waals surface area contributed by atoms with E-state index in [4.69, 9.17) is 9.47 Å². The summed E-state index contributed by atoms with van der Waals surface area (Å²) >= 11 is 0. The molecule has 6 heteroatoms. The fourth-order valence-electron chi connectivity index (χ4n) is 3.70. The van der Waals surface area contributed by atoms with Crippen LogP contribution in [0.3, 0.4) is 0 Å². The van der Waals surface area contributed by atoms with Gasteiger partial charge in [-0.3, -0.25) is 4.79 Å². The van der Waals surface area contributed by atoms with Crippen molar-refractivity contribution in [2.75, 3.05) is 13.2 Å². The molecule has 0 saturated heterocycles. The van der Waals surface area contributed by atoms with E-state index in [0.717, 1.165) is 0 Å². The van der Waals surface area contributed by atoms with Gasteiger partial charge in [-0.2, -0.15) is 0 Å². The molecular weight excluding hydrogens is 408 g/mol. The van der Waals surface area contributed by atoms with E-state index in [0.29, 0.717) is 11.1 Å². The number of ketones is 1. The Bertz CT molecular complexity index is 928. The molecule has 0 bridgehead atoms. The van der Waals surface area contributed by atoms with Crippen LogP contribution in [0.15, 0.2) is 42.5 Å². The Balaban J connectivity index is 2.99. The molecule has 0 saturated carbocycles. The van der Waals surface area contributed by atoms with Gasteiger partial charge in [0.2, 0.25) is 0 Å². The lowest BCUT2D eigenvalue weighted by molar-refractivity contribution is -0.161. The van der Waals surface area contributed by atoms with Crippen LogP contribution in [0.25, 0.3) is 0 Å². The monoisotopic (exact) mass is 440 g/mol. The summed E-state index contributed by atoms with van der Waals surface area (Å²) < 4.78 is 10.6. The molecule has 0 heterocycles. The molecule has 172 valence electrons. The van der Waals surface area contributed by atoms with Crippen LogP contribution < -0.4 is 0 Å². The SMILES string of the molecule is CCOC(=O)C(C(=O)OCC)(C(=O)c1ccccc1)c1cc(C(C)C)c(O)c(C(C)C)c1. The zero-order chi connectivity index (χ0) is 24.1. The van der Waals surface area contributed by atoms with Crippen molar-refractivity contribution < 1.29 is 29.0 Å². The van der Waals surface area contributed by atoms with Gasteiger partial charge < -0.3 is 14.6 Å². The normalized spacial score (nSPS) is 11.5. The third kappa shape index (κ3) is 4.54. The highest BCUT2D eigenvalue weighted by molar-refractivity contribution is 6.30. The van der Waals surface area contributed by atoms with E-state index in [-0.39, 0.29) is 41.9 Å². The first-order valence-corrected chi connectivity index (χ1v) is 10.9. The fourth-order valence-corrected chi connectivity index (χ4v) is 3.70. The zero-order valence-corrected chi connectivity index (χ0v) is 19.6. The summed E-state index contributed by atoms with van der Waals surface area (Å²) in [6.45, 7) is 10.7. The molecule has 0 atom stereocenters. The van der Waals surface area contributed by atoms with E-state index in [9.17, 15) is 19.5 Å². The molecule has 2 aromatic carbocycles. The van der Waals surface area contributed by atoms with Crippen LogP contribution in [-0.4, -0.2) is 36.0 Å². The van der Waals surface area contributed by atoms with Gasteiger partial charge in [-0.25, -0.2) is 9.59 Å². The van der Waals surface area contributed by atoms with Crippen molar-refractivity contribution in [3.63, 3.8) is 0 Å². The van der Waals surface area contributed by atoms with Gasteiger partial charge in [0.05, 0.1) is 13.2 Å². The van der Waals surface area contributed by atoms with Crippen LogP contribution in [0.1, 0.15) is 80.4 Å². The van der Waals surface area contributed by atoms with Crippen molar-refractivity contribution in [2.45, 2.75) is 58.8 Å². The molecular formula is C26H32O6. The number of aromatic hydroxyl groups is 1. The molecule has 0 amide bonds. The molecule has 6 nitrogen and oxygen atoms in total. The number of ether oxygens (including phenoxy) is 2. The van der Waals surface area contributed by atoms with Gasteiger partial charge in [0.25, 0.3) is 5.41 Å². The topological polar surface area (TPSA) is 89.9 Å². The molecule has 0 aromatic heterocycles. The third-order valence-corrected chi connectivity index (χ3v) is 5.39. The number of carbonyl (C=O) groups is 3. The molecule has 0 fully saturated rings. The first-order valence-electron chi connectivity index (χ1n) is 10.9. The Morgan fingerprint density at radius 3 is 1.66 bits per heavy atom. The Morgan fingerprint density at radius 1 is 0.844 bits per heavy atom. The van der Waals surface area contributed by atoms with E-state index in [2.05, 4.69) is 0 Å². The molecule has 0 aliphatic heterocycles. The second-order valence-corrected chi connectivity index (χ2v) is 8.20. The predicted octanol–water partition coefficient (Wildman–Crippen LogP) is 4.89. The average Bonchev–Trinajstić information content (AvgIpc) is 2.75. The van der Waals surface area contributed by atoms with Crippen molar-refractivity contribution in [3.05, 3.63) is 64.7 Å². The van der Waals surface area contributed by atoms with Crippen LogP contribution in [0, 0.1) is 0 Å². The third-order valence-electron chi connectivity index (χ3n) is 5.39. The minimum absolute atomic E-state index is 0.0196. The summed E-state index contributed by atoms with van der Waals surface area (Å²) in [6, 6.07) is 11.2. The highest BCUT2D eigenvalue weighted by Gasteiger charge is 2.57. The van der Waals surface area contributed by atoms with Gasteiger partial charge in [-0.15, -0.1) is 0 Å². The Kier molecular flexibility index (Phi) is 8.19. The standard InChI is InChI=1S/C26H32O6/c1-7-31-24(29)26(25(30)32-8-2,23(28)18-12-10-9-11-13-18)19-14-20(16(3)4)22(27)21(15-19)17(5)6/h9-17,27H,7-8H2,1-6H3. The summed E-state index contributed by atoms with van der Waals surface area (Å²) in [6.07, 6.45) is 0. The predicted molar refractivity (Wildman–Crippen MR) is 122 cm³/mol. The fraction of sp³-hybridized carbons (Fsp3) is 0.423. The van der Waals surface area contributed by atoms with E-state index in [1.165, 1.54) is 0 Å². The molecule has 0 radical (unpaired) electrons. The smallest absolute Gasteiger partial charge is 0.336 e. The van der Waals surface area contributed by atoms with Crippen molar-refractivity contribution in [2.24, 2.45) is 0 Å². The number of rotatable bonds is 9. The molecule has 0 spiro atoms. The Hall–Kier alpha value is -3.15. The molecule has 1 N–H and O–H groups in total. The van der Waals surface area contributed by atoms with E-state index in [1.807, 2.05) is 27.7 Å². The maximum absolute atomic E-state index is 13.9. The number of Topliss-reactive ketones (excluding diaryl/α,β-unsaturated/α-hetero) is 1. The van der Waals surface area contributed by atoms with Gasteiger partial charge in [0, 0.05) is 5.56 Å². The summed E-state index contributed by atoms with van der Waals surface area (Å²) in [7, 11) is 0. The Morgan fingerprint density at radius 2 is 1.28 bits per heavy atom. The maximum Gasteiger partial charge on any atom is 0.336 e. The minimum Gasteiger partial charge on any atom is -0.507 e. The molecule has 0 unspecified atom stereocenters. The average molecular weight is 441 g/mol. The van der Waals surface area contributed by atoms with Crippen LogP contribution in [0.4, 0.5) is 0 Å². The van der Waals surface area contributed by atoms with Gasteiger partial charge in [-0.1, -0.05) is 58.0 Å². The second kappa shape index (κ2) is 10.4. The molecule has 2 rings (SSSR count). The first-order chi connectivity index (χ1) is 15.1. The first kappa shape index (κ1) is 25.1. The van der Waals surface area contributed by atoms with E-state index >= 15 is 0 Å². The summed E-state index contributed by atoms with van der Waals surface area (Å²) in [5.74, 6) is -2.88. The number of phenols is 1. The maximum atomic E-state index is 13.9. The highest BCUT2D eigenvalue weighted by Crippen LogP contribution is 2.41. The van der Waals surface area contributed by atoms with Crippen molar-refractivity contribution in [1.82, 2.24) is 0 Å². The van der Waals surface area contributed by atoms with Crippen LogP contribution in [0.5, 0.6) is 5.75 Å². The quantitative estimate of drug-likeness (QED) is 0.339. The number of carbonyl (C=O) groups excluding carboxylic acids is 3. The molecule has 2 aromatic rings. The summed E-state index contributed by atoms with van der Waals surface area (Å²) in [4.78, 5) is 40.8. The van der Waals surface area contributed by atoms with Gasteiger partial charge in [0.15, 0.2) is 5.78 Å². The van der Waals surface area contributed by atoms with Crippen molar-refractivity contribution >= 4 is 17.7 Å². The lowest BCUT2D eigenvalue weighted by atomic mass is 9.72. The summed E-state index contributed by atoms with van der Waals surface area (Å²) in [5, 5.41) is 10.8. The number of hydrogen-bond acceptors (Lipinski definition) is 6. The highest BCUT2D eigenvalue weighted by atomic mass is 16.6. The number of hydrogen-bond donors (Lipinski definition) is 1. The van der Waals surface area contributed by atoms with Crippen LogP contribution >= 0.6 is 0 Å². The summed E-state index contributed by atoms with van der Waals surface area (Å²) in [5.41, 5.74) is -0.976. The van der Waals surface area contributed by atoms with Gasteiger partial charge in [0.1, 0.15) is 5.75 Å². The second-order valence-electron chi connectivity index (χ2n) is 8.20.